The molecule has 156 valence electrons. The fourth-order valence-electron chi connectivity index (χ4n) is 2.19. The van der Waals surface area contributed by atoms with Gasteiger partial charge >= 0.3 is 6.18 Å². The number of alkyl halides is 3. The van der Waals surface area contributed by atoms with E-state index in [-0.39, 0.29) is 17.0 Å². The second-order valence-electron chi connectivity index (χ2n) is 5.91. The van der Waals surface area contributed by atoms with Crippen LogP contribution in [0.25, 0.3) is 0 Å². The Kier molecular flexibility index (Phi) is 7.35. The van der Waals surface area contributed by atoms with E-state index < -0.39 is 41.1 Å². The molecule has 2 aromatic rings. The van der Waals surface area contributed by atoms with E-state index >= 15 is 0 Å². The number of hydrogen-bond donors (Lipinski definition) is 3. The summed E-state index contributed by atoms with van der Waals surface area (Å²) in [4.78, 5) is 23.3. The summed E-state index contributed by atoms with van der Waals surface area (Å²) in [5, 5.41) is 3.75. The van der Waals surface area contributed by atoms with E-state index in [1.54, 1.807) is 35.6 Å². The van der Waals surface area contributed by atoms with Crippen LogP contribution in [0, 0.1) is 0 Å². The van der Waals surface area contributed by atoms with Crippen LogP contribution in [0.2, 0.25) is 0 Å². The average Bonchev–Trinajstić information content (AvgIpc) is 2.69. The maximum Gasteiger partial charge on any atom is 0.405 e. The number of halogens is 3. The zero-order chi connectivity index (χ0) is 21.5. The Balaban J connectivity index is 1.97. The van der Waals surface area contributed by atoms with Gasteiger partial charge in [0.2, 0.25) is 15.9 Å². The van der Waals surface area contributed by atoms with Gasteiger partial charge < -0.3 is 10.6 Å². The van der Waals surface area contributed by atoms with Crippen molar-refractivity contribution in [3.63, 3.8) is 0 Å². The third-order valence-electron chi connectivity index (χ3n) is 3.61. The third-order valence-corrected chi connectivity index (χ3v) is 5.01. The van der Waals surface area contributed by atoms with Crippen LogP contribution in [0.3, 0.4) is 0 Å². The Hall–Kier alpha value is -2.92. The number of nitrogens with one attached hydrogen (secondary N) is 3. The lowest BCUT2D eigenvalue weighted by Crippen LogP contribution is -2.40. The van der Waals surface area contributed by atoms with Crippen molar-refractivity contribution < 1.29 is 31.2 Å². The lowest BCUT2D eigenvalue weighted by molar-refractivity contribution is -0.137. The molecule has 2 amide bonds. The minimum Gasteiger partial charge on any atom is -0.345 e. The number of hydrogen-bond acceptors (Lipinski definition) is 4. The van der Waals surface area contributed by atoms with Crippen molar-refractivity contribution in [2.45, 2.75) is 17.6 Å². The molecule has 0 aliphatic heterocycles. The summed E-state index contributed by atoms with van der Waals surface area (Å²) >= 11 is 0. The molecule has 0 bridgehead atoms. The summed E-state index contributed by atoms with van der Waals surface area (Å²) < 4.78 is 63.4. The van der Waals surface area contributed by atoms with Gasteiger partial charge in [-0.15, -0.1) is 0 Å². The Labute approximate surface area is 165 Å². The molecule has 3 N–H and O–H groups in total. The number of rotatable bonds is 8. The van der Waals surface area contributed by atoms with Crippen LogP contribution in [-0.2, 0) is 21.4 Å². The van der Waals surface area contributed by atoms with Gasteiger partial charge in [0.1, 0.15) is 6.54 Å². The summed E-state index contributed by atoms with van der Waals surface area (Å²) in [5.74, 6) is -1.82. The topological polar surface area (TPSA) is 104 Å². The predicted molar refractivity (Wildman–Crippen MR) is 98.3 cm³/mol. The first kappa shape index (κ1) is 22.4. The molecule has 0 aliphatic rings. The first-order chi connectivity index (χ1) is 13.6. The molecule has 2 rings (SSSR count). The zero-order valence-electron chi connectivity index (χ0n) is 15.0. The molecule has 0 saturated heterocycles. The molecule has 0 aliphatic carbocycles. The van der Waals surface area contributed by atoms with Gasteiger partial charge in [0.15, 0.2) is 0 Å². The van der Waals surface area contributed by atoms with E-state index in [4.69, 9.17) is 0 Å². The molecule has 7 nitrogen and oxygen atoms in total. The van der Waals surface area contributed by atoms with Gasteiger partial charge in [0.05, 0.1) is 11.4 Å². The maximum atomic E-state index is 12.4. The third kappa shape index (κ3) is 7.54. The van der Waals surface area contributed by atoms with E-state index in [1.165, 1.54) is 18.2 Å². The average molecular weight is 429 g/mol. The van der Waals surface area contributed by atoms with E-state index in [9.17, 15) is 31.2 Å². The second kappa shape index (κ2) is 9.52. The van der Waals surface area contributed by atoms with E-state index in [0.717, 1.165) is 11.6 Å². The highest BCUT2D eigenvalue weighted by molar-refractivity contribution is 7.89. The van der Waals surface area contributed by atoms with Crippen LogP contribution < -0.4 is 15.4 Å². The number of carbonyl (C=O) groups is 2. The first-order valence-corrected chi connectivity index (χ1v) is 9.80. The molecular formula is C18H18F3N3O4S. The largest absolute Gasteiger partial charge is 0.405 e. The summed E-state index contributed by atoms with van der Waals surface area (Å²) in [6.45, 7) is -2.14. The Bertz CT molecular complexity index is 964. The van der Waals surface area contributed by atoms with Crippen LogP contribution in [0.15, 0.2) is 59.5 Å². The number of benzene rings is 2. The molecule has 29 heavy (non-hydrogen) atoms. The summed E-state index contributed by atoms with van der Waals surface area (Å²) in [6.07, 6.45) is -4.56. The zero-order valence-corrected chi connectivity index (χ0v) is 15.8. The molecule has 0 atom stereocenters. The minimum atomic E-state index is -4.56. The molecule has 2 aromatic carbocycles. The normalized spacial score (nSPS) is 11.7. The van der Waals surface area contributed by atoms with Gasteiger partial charge in [-0.05, 0) is 23.8 Å². The lowest BCUT2D eigenvalue weighted by Gasteiger charge is -2.10. The van der Waals surface area contributed by atoms with Crippen LogP contribution in [-0.4, -0.2) is 39.5 Å². The Morgan fingerprint density at radius 2 is 1.62 bits per heavy atom. The van der Waals surface area contributed by atoms with Crippen LogP contribution in [0.5, 0.6) is 0 Å². The van der Waals surface area contributed by atoms with Crippen molar-refractivity contribution in [2.75, 3.05) is 13.1 Å². The van der Waals surface area contributed by atoms with Crippen molar-refractivity contribution in [1.82, 2.24) is 15.4 Å². The lowest BCUT2D eigenvalue weighted by atomic mass is 10.2. The monoisotopic (exact) mass is 429 g/mol. The molecule has 0 unspecified atom stereocenters. The highest BCUT2D eigenvalue weighted by Crippen LogP contribution is 2.13. The van der Waals surface area contributed by atoms with Gasteiger partial charge in [-0.25, -0.2) is 13.1 Å². The first-order valence-electron chi connectivity index (χ1n) is 8.32. The number of sulfonamides is 1. The predicted octanol–water partition coefficient (Wildman–Crippen LogP) is 1.57. The molecule has 0 spiro atoms. The van der Waals surface area contributed by atoms with Crippen molar-refractivity contribution in [3.05, 3.63) is 65.7 Å². The molecule has 0 saturated carbocycles. The molecule has 11 heteroatoms. The van der Waals surface area contributed by atoms with E-state index in [1.807, 2.05) is 0 Å². The van der Waals surface area contributed by atoms with Gasteiger partial charge in [-0.1, -0.05) is 36.4 Å². The Morgan fingerprint density at radius 1 is 0.931 bits per heavy atom. The van der Waals surface area contributed by atoms with E-state index in [2.05, 4.69) is 10.0 Å². The summed E-state index contributed by atoms with van der Waals surface area (Å²) in [5.41, 5.74) is 0.686. The van der Waals surface area contributed by atoms with Crippen molar-refractivity contribution in [1.29, 1.82) is 0 Å². The Morgan fingerprint density at radius 3 is 2.28 bits per heavy atom. The molecule has 0 radical (unpaired) electrons. The quantitative estimate of drug-likeness (QED) is 0.593. The van der Waals surface area contributed by atoms with Gasteiger partial charge in [-0.3, -0.25) is 9.59 Å². The highest BCUT2D eigenvalue weighted by atomic mass is 32.2. The molecule has 0 aromatic heterocycles. The van der Waals surface area contributed by atoms with Crippen LogP contribution in [0.4, 0.5) is 13.2 Å². The van der Waals surface area contributed by atoms with Gasteiger partial charge in [0.25, 0.3) is 5.91 Å². The molecule has 0 fully saturated rings. The molecule has 0 heterocycles. The fourth-order valence-corrected chi connectivity index (χ4v) is 3.25. The fraction of sp³-hybridized carbons (Fsp3) is 0.222. The summed E-state index contributed by atoms with van der Waals surface area (Å²) in [6, 6.07) is 13.9. The van der Waals surface area contributed by atoms with Crippen molar-refractivity contribution >= 4 is 21.8 Å². The minimum absolute atomic E-state index is 0.0545. The standard InChI is InChI=1S/C18H18F3N3O4S/c19-18(20,21)12-23-16(25)11-22-17(26)14-7-4-8-15(9-14)29(27,28)24-10-13-5-2-1-3-6-13/h1-9,24H,10-12H2,(H,22,26)(H,23,25). The maximum absolute atomic E-state index is 12.4. The van der Waals surface area contributed by atoms with Crippen LogP contribution in [0.1, 0.15) is 15.9 Å². The number of amides is 2. The second-order valence-corrected chi connectivity index (χ2v) is 7.68. The smallest absolute Gasteiger partial charge is 0.345 e. The van der Waals surface area contributed by atoms with Gasteiger partial charge in [-0.2, -0.15) is 13.2 Å². The van der Waals surface area contributed by atoms with Crippen LogP contribution >= 0.6 is 0 Å². The number of carbonyl (C=O) groups excluding carboxylic acids is 2. The van der Waals surface area contributed by atoms with Crippen molar-refractivity contribution in [2.24, 2.45) is 0 Å². The highest BCUT2D eigenvalue weighted by Gasteiger charge is 2.27. The van der Waals surface area contributed by atoms with Gasteiger partial charge in [0, 0.05) is 12.1 Å². The molecular weight excluding hydrogens is 411 g/mol. The SMILES string of the molecule is O=C(CNC(=O)c1cccc(S(=O)(=O)NCc2ccccc2)c1)NCC(F)(F)F. The van der Waals surface area contributed by atoms with E-state index in [0.29, 0.717) is 0 Å². The van der Waals surface area contributed by atoms with Crippen molar-refractivity contribution in [3.8, 4) is 0 Å². The summed E-state index contributed by atoms with van der Waals surface area (Å²) in [7, 11) is -3.91.